The van der Waals surface area contributed by atoms with Gasteiger partial charge in [0, 0.05) is 31.1 Å². The topological polar surface area (TPSA) is 152 Å². The van der Waals surface area contributed by atoms with E-state index >= 15 is 0 Å². The fraction of sp³-hybridized carbons (Fsp3) is 0.324. The van der Waals surface area contributed by atoms with Crippen molar-refractivity contribution in [2.24, 2.45) is 0 Å². The molecular formula is C34H37N3O7. The molecule has 1 aromatic heterocycles. The number of rotatable bonds is 14. The number of aliphatic hydroxyl groups is 1. The molecule has 3 aromatic carbocycles. The summed E-state index contributed by atoms with van der Waals surface area (Å²) in [6.07, 6.45) is 2.13. The molecule has 1 aliphatic rings. The lowest BCUT2D eigenvalue weighted by molar-refractivity contribution is -0.156. The Bertz CT molecular complexity index is 1650. The number of carbonyl (C=O) groups is 2. The lowest BCUT2D eigenvalue weighted by atomic mass is 9.73. The quantitative estimate of drug-likeness (QED) is 0.138. The molecule has 0 spiro atoms. The predicted octanol–water partition coefficient (Wildman–Crippen LogP) is 3.51. The standard InChI is InChI=1S/C34H37N3O7/c38-28-15-13-26(27-14-16-30(40)36-32(27)28)29(39)20-35-17-5-2-6-18-44-25-11-9-23(10-12-25)19-31(41)37-21-34(22-37,33(42)43)24-7-3-1-4-8-24/h1,3-4,7-16,29,35,38-39H,2,5-6,17-22H2,(H,36,40)(H,42,43)/t29-/m0/s1. The number of benzene rings is 3. The van der Waals surface area contributed by atoms with Crippen molar-refractivity contribution in [2.75, 3.05) is 32.8 Å². The number of aromatic hydroxyl groups is 1. The molecule has 1 saturated heterocycles. The van der Waals surface area contributed by atoms with Gasteiger partial charge < -0.3 is 35.3 Å². The third-order valence-corrected chi connectivity index (χ3v) is 8.16. The normalized spacial score (nSPS) is 14.6. The number of nitrogens with one attached hydrogen (secondary N) is 2. The average Bonchev–Trinajstić information content (AvgIpc) is 2.99. The van der Waals surface area contributed by atoms with E-state index in [1.54, 1.807) is 29.2 Å². The van der Waals surface area contributed by atoms with E-state index in [1.165, 1.54) is 12.1 Å². The number of ether oxygens (including phenoxy) is 1. The molecule has 5 N–H and O–H groups in total. The van der Waals surface area contributed by atoms with Crippen LogP contribution in [0.3, 0.4) is 0 Å². The molecule has 0 unspecified atom stereocenters. The third-order valence-electron chi connectivity index (χ3n) is 8.16. The molecule has 10 heteroatoms. The molecule has 1 aliphatic heterocycles. The van der Waals surface area contributed by atoms with Crippen molar-refractivity contribution in [1.82, 2.24) is 15.2 Å². The number of hydrogen-bond acceptors (Lipinski definition) is 7. The number of aromatic nitrogens is 1. The van der Waals surface area contributed by atoms with E-state index in [9.17, 15) is 29.7 Å². The lowest BCUT2D eigenvalue weighted by Gasteiger charge is -2.47. The van der Waals surface area contributed by atoms with Gasteiger partial charge >= 0.3 is 5.97 Å². The van der Waals surface area contributed by atoms with Crippen molar-refractivity contribution in [3.8, 4) is 11.5 Å². The highest BCUT2D eigenvalue weighted by atomic mass is 16.5. The summed E-state index contributed by atoms with van der Waals surface area (Å²) in [5.74, 6) is -0.320. The summed E-state index contributed by atoms with van der Waals surface area (Å²) in [6, 6.07) is 22.6. The molecule has 44 heavy (non-hydrogen) atoms. The second-order valence-corrected chi connectivity index (χ2v) is 11.2. The van der Waals surface area contributed by atoms with Crippen LogP contribution in [-0.4, -0.2) is 69.9 Å². The molecule has 1 amide bonds. The molecule has 1 atom stereocenters. The largest absolute Gasteiger partial charge is 0.506 e. The number of aromatic amines is 1. The Labute approximate surface area is 254 Å². The van der Waals surface area contributed by atoms with Crippen LogP contribution in [0.25, 0.3) is 10.9 Å². The Hall–Kier alpha value is -4.67. The second kappa shape index (κ2) is 13.7. The van der Waals surface area contributed by atoms with Gasteiger partial charge in [0.25, 0.3) is 0 Å². The summed E-state index contributed by atoms with van der Waals surface area (Å²) < 4.78 is 5.84. The highest BCUT2D eigenvalue weighted by Crippen LogP contribution is 2.35. The molecule has 0 bridgehead atoms. The molecule has 1 fully saturated rings. The number of unbranched alkanes of at least 4 members (excludes halogenated alkanes) is 2. The Morgan fingerprint density at radius 3 is 2.43 bits per heavy atom. The van der Waals surface area contributed by atoms with E-state index in [0.29, 0.717) is 35.2 Å². The van der Waals surface area contributed by atoms with E-state index in [0.717, 1.165) is 37.1 Å². The number of aliphatic carboxylic acids is 1. The van der Waals surface area contributed by atoms with Gasteiger partial charge in [-0.1, -0.05) is 48.5 Å². The van der Waals surface area contributed by atoms with E-state index < -0.39 is 17.5 Å². The molecule has 230 valence electrons. The minimum absolute atomic E-state index is 0.0356. The zero-order valence-corrected chi connectivity index (χ0v) is 24.4. The van der Waals surface area contributed by atoms with E-state index in [1.807, 2.05) is 42.5 Å². The second-order valence-electron chi connectivity index (χ2n) is 11.2. The fourth-order valence-electron chi connectivity index (χ4n) is 5.59. The van der Waals surface area contributed by atoms with Crippen molar-refractivity contribution in [1.29, 1.82) is 0 Å². The number of amides is 1. The van der Waals surface area contributed by atoms with Crippen LogP contribution >= 0.6 is 0 Å². The molecule has 10 nitrogen and oxygen atoms in total. The summed E-state index contributed by atoms with van der Waals surface area (Å²) >= 11 is 0. The number of H-pyrrole nitrogens is 1. The van der Waals surface area contributed by atoms with Gasteiger partial charge in [-0.05, 0) is 66.8 Å². The van der Waals surface area contributed by atoms with Crippen LogP contribution in [0.2, 0.25) is 0 Å². The highest BCUT2D eigenvalue weighted by molar-refractivity contribution is 5.89. The van der Waals surface area contributed by atoms with Gasteiger partial charge in [0.2, 0.25) is 11.5 Å². The van der Waals surface area contributed by atoms with E-state index in [2.05, 4.69) is 10.3 Å². The molecule has 0 aliphatic carbocycles. The number of phenolic OH excluding ortho intramolecular Hbond substituents is 1. The maximum atomic E-state index is 12.8. The number of carbonyl (C=O) groups excluding carboxylic acids is 1. The van der Waals surface area contributed by atoms with Crippen LogP contribution in [0.1, 0.15) is 42.1 Å². The Balaban J connectivity index is 0.972. The number of pyridine rings is 1. The van der Waals surface area contributed by atoms with Crippen LogP contribution in [0, 0.1) is 0 Å². The van der Waals surface area contributed by atoms with Gasteiger partial charge in [0.1, 0.15) is 16.9 Å². The monoisotopic (exact) mass is 599 g/mol. The van der Waals surface area contributed by atoms with E-state index in [4.69, 9.17) is 4.74 Å². The molecule has 0 saturated carbocycles. The van der Waals surface area contributed by atoms with Crippen molar-refractivity contribution < 1.29 is 29.6 Å². The number of fused-ring (bicyclic) bond motifs is 1. The van der Waals surface area contributed by atoms with Crippen LogP contribution in [0.5, 0.6) is 11.5 Å². The number of hydrogen-bond donors (Lipinski definition) is 5. The number of carboxylic acids is 1. The maximum Gasteiger partial charge on any atom is 0.317 e. The SMILES string of the molecule is O=C(Cc1ccc(OCCCCCNC[C@H](O)c2ccc(O)c3[nH]c(=O)ccc23)cc1)N1CC(C(=O)O)(c2ccccc2)C1. The van der Waals surface area contributed by atoms with Crippen molar-refractivity contribution in [3.05, 3.63) is 106 Å². The Morgan fingerprint density at radius 2 is 1.70 bits per heavy atom. The first kappa shape index (κ1) is 30.8. The number of likely N-dealkylation sites (tertiary alicyclic amines) is 1. The van der Waals surface area contributed by atoms with Gasteiger partial charge in [-0.15, -0.1) is 0 Å². The third kappa shape index (κ3) is 6.93. The van der Waals surface area contributed by atoms with Crippen LogP contribution in [0.4, 0.5) is 0 Å². The summed E-state index contributed by atoms with van der Waals surface area (Å²) in [6.45, 7) is 1.96. The Morgan fingerprint density at radius 1 is 0.955 bits per heavy atom. The zero-order chi connectivity index (χ0) is 31.1. The summed E-state index contributed by atoms with van der Waals surface area (Å²) in [5, 5.41) is 34.3. The minimum atomic E-state index is -1.04. The molecule has 4 aromatic rings. The summed E-state index contributed by atoms with van der Waals surface area (Å²) in [7, 11) is 0. The van der Waals surface area contributed by atoms with Gasteiger partial charge in [-0.25, -0.2) is 0 Å². The molecule has 0 radical (unpaired) electrons. The van der Waals surface area contributed by atoms with Gasteiger partial charge in [-0.3, -0.25) is 14.4 Å². The molecular weight excluding hydrogens is 562 g/mol. The van der Waals surface area contributed by atoms with Crippen LogP contribution < -0.4 is 15.6 Å². The lowest BCUT2D eigenvalue weighted by Crippen LogP contribution is -2.65. The number of aliphatic hydroxyl groups excluding tert-OH is 1. The molecule has 2 heterocycles. The number of carboxylic acid groups (broad SMARTS) is 1. The zero-order valence-electron chi connectivity index (χ0n) is 24.4. The maximum absolute atomic E-state index is 12.8. The van der Waals surface area contributed by atoms with E-state index in [-0.39, 0.29) is 36.7 Å². The molecule has 5 rings (SSSR count). The first-order valence-electron chi connectivity index (χ1n) is 14.8. The predicted molar refractivity (Wildman–Crippen MR) is 166 cm³/mol. The first-order chi connectivity index (χ1) is 21.3. The summed E-state index contributed by atoms with van der Waals surface area (Å²) in [4.78, 5) is 40.6. The van der Waals surface area contributed by atoms with Crippen molar-refractivity contribution in [2.45, 2.75) is 37.2 Å². The van der Waals surface area contributed by atoms with Crippen LogP contribution in [-0.2, 0) is 21.4 Å². The number of nitrogens with zero attached hydrogens (tertiary/aromatic N) is 1. The first-order valence-corrected chi connectivity index (χ1v) is 14.8. The highest BCUT2D eigenvalue weighted by Gasteiger charge is 2.52. The fourth-order valence-corrected chi connectivity index (χ4v) is 5.59. The summed E-state index contributed by atoms with van der Waals surface area (Å²) in [5.41, 5.74) is 1.15. The van der Waals surface area contributed by atoms with Gasteiger partial charge in [-0.2, -0.15) is 0 Å². The smallest absolute Gasteiger partial charge is 0.317 e. The Kier molecular flexibility index (Phi) is 9.62. The van der Waals surface area contributed by atoms with Gasteiger partial charge in [0.05, 0.1) is 24.6 Å². The minimum Gasteiger partial charge on any atom is -0.506 e. The van der Waals surface area contributed by atoms with Crippen molar-refractivity contribution in [3.63, 3.8) is 0 Å². The average molecular weight is 600 g/mol. The van der Waals surface area contributed by atoms with Crippen LogP contribution in [0.15, 0.2) is 83.7 Å². The van der Waals surface area contributed by atoms with Gasteiger partial charge in [0.15, 0.2) is 0 Å². The van der Waals surface area contributed by atoms with Crippen molar-refractivity contribution >= 4 is 22.8 Å². The number of phenols is 1.